The van der Waals surface area contributed by atoms with Crippen LogP contribution in [0.4, 0.5) is 4.39 Å². The molecule has 1 aliphatic rings. The maximum absolute atomic E-state index is 13.8. The van der Waals surface area contributed by atoms with E-state index in [1.54, 1.807) is 19.1 Å². The lowest BCUT2D eigenvalue weighted by Gasteiger charge is -2.41. The summed E-state index contributed by atoms with van der Waals surface area (Å²) in [6.07, 6.45) is 2.80. The van der Waals surface area contributed by atoms with Gasteiger partial charge in [-0.3, -0.25) is 4.79 Å². The van der Waals surface area contributed by atoms with Crippen molar-refractivity contribution in [2.45, 2.75) is 31.7 Å². The first-order chi connectivity index (χ1) is 8.08. The van der Waals surface area contributed by atoms with Crippen LogP contribution < -0.4 is 5.32 Å². The van der Waals surface area contributed by atoms with E-state index in [0.717, 1.165) is 19.3 Å². The van der Waals surface area contributed by atoms with Crippen molar-refractivity contribution < 1.29 is 9.18 Å². The highest BCUT2D eigenvalue weighted by Crippen LogP contribution is 2.33. The van der Waals surface area contributed by atoms with Gasteiger partial charge in [0.15, 0.2) is 0 Å². The first kappa shape index (κ1) is 12.4. The number of carbonyl (C=O) groups is 1. The Kier molecular flexibility index (Phi) is 3.38. The van der Waals surface area contributed by atoms with E-state index in [1.165, 1.54) is 6.07 Å². The molecule has 1 saturated carbocycles. The van der Waals surface area contributed by atoms with E-state index in [1.807, 2.05) is 0 Å². The number of alkyl halides is 1. The third kappa shape index (κ3) is 2.29. The minimum atomic E-state index is -0.450. The van der Waals surface area contributed by atoms with Crippen molar-refractivity contribution in [1.82, 2.24) is 5.32 Å². The number of rotatable bonds is 3. The highest BCUT2D eigenvalue weighted by molar-refractivity contribution is 6.19. The van der Waals surface area contributed by atoms with Crippen LogP contribution in [0.2, 0.25) is 0 Å². The van der Waals surface area contributed by atoms with Gasteiger partial charge in [-0.25, -0.2) is 4.39 Å². The first-order valence-corrected chi connectivity index (χ1v) is 6.25. The Hall–Kier alpha value is -1.09. The predicted molar refractivity (Wildman–Crippen MR) is 65.9 cm³/mol. The molecule has 2 nitrogen and oxygen atoms in total. The van der Waals surface area contributed by atoms with Crippen molar-refractivity contribution in [3.05, 3.63) is 35.1 Å². The summed E-state index contributed by atoms with van der Waals surface area (Å²) in [6.45, 7) is 1.65. The molecular weight excluding hydrogens is 241 g/mol. The number of nitrogens with one attached hydrogen (secondary N) is 1. The summed E-state index contributed by atoms with van der Waals surface area (Å²) in [6, 6.07) is 4.83. The minimum Gasteiger partial charge on any atom is -0.345 e. The SMILES string of the molecule is Cc1cccc(C(=O)NC2(CCl)CCC2)c1F. The van der Waals surface area contributed by atoms with Gasteiger partial charge in [-0.05, 0) is 37.8 Å². The Bertz CT molecular complexity index is 438. The van der Waals surface area contributed by atoms with Gasteiger partial charge in [0.25, 0.3) is 5.91 Å². The lowest BCUT2D eigenvalue weighted by molar-refractivity contribution is 0.0849. The maximum Gasteiger partial charge on any atom is 0.254 e. The second-order valence-corrected chi connectivity index (χ2v) is 4.93. The summed E-state index contributed by atoms with van der Waals surface area (Å²) in [5.74, 6) is -0.438. The van der Waals surface area contributed by atoms with Gasteiger partial charge >= 0.3 is 0 Å². The number of hydrogen-bond donors (Lipinski definition) is 1. The van der Waals surface area contributed by atoms with E-state index in [0.29, 0.717) is 11.4 Å². The molecule has 0 unspecified atom stereocenters. The first-order valence-electron chi connectivity index (χ1n) is 5.72. The fraction of sp³-hybridized carbons (Fsp3) is 0.462. The number of carbonyl (C=O) groups excluding carboxylic acids is 1. The van der Waals surface area contributed by atoms with Crippen molar-refractivity contribution in [3.63, 3.8) is 0 Å². The van der Waals surface area contributed by atoms with Crippen molar-refractivity contribution in [1.29, 1.82) is 0 Å². The lowest BCUT2D eigenvalue weighted by Crippen LogP contribution is -2.55. The molecular formula is C13H15ClFNO. The van der Waals surface area contributed by atoms with Crippen molar-refractivity contribution in [3.8, 4) is 0 Å². The van der Waals surface area contributed by atoms with E-state index in [4.69, 9.17) is 11.6 Å². The van der Waals surface area contributed by atoms with E-state index in [2.05, 4.69) is 5.32 Å². The zero-order valence-electron chi connectivity index (χ0n) is 9.72. The Morgan fingerprint density at radius 2 is 2.24 bits per heavy atom. The largest absolute Gasteiger partial charge is 0.345 e. The molecule has 0 saturated heterocycles. The zero-order valence-corrected chi connectivity index (χ0v) is 10.5. The minimum absolute atomic E-state index is 0.0985. The summed E-state index contributed by atoms with van der Waals surface area (Å²) in [5.41, 5.74) is 0.252. The number of aryl methyl sites for hydroxylation is 1. The number of hydrogen-bond acceptors (Lipinski definition) is 1. The molecule has 17 heavy (non-hydrogen) atoms. The van der Waals surface area contributed by atoms with Crippen LogP contribution in [0.1, 0.15) is 35.2 Å². The zero-order chi connectivity index (χ0) is 12.5. The van der Waals surface area contributed by atoms with Crippen molar-refractivity contribution >= 4 is 17.5 Å². The molecule has 1 aromatic rings. The van der Waals surface area contributed by atoms with Crippen LogP contribution in [-0.2, 0) is 0 Å². The maximum atomic E-state index is 13.8. The van der Waals surface area contributed by atoms with E-state index in [9.17, 15) is 9.18 Å². The smallest absolute Gasteiger partial charge is 0.254 e. The van der Waals surface area contributed by atoms with Crippen LogP contribution in [0.15, 0.2) is 18.2 Å². The van der Waals surface area contributed by atoms with Gasteiger partial charge in [0, 0.05) is 5.88 Å². The molecule has 0 atom stereocenters. The van der Waals surface area contributed by atoms with Crippen molar-refractivity contribution in [2.75, 3.05) is 5.88 Å². The van der Waals surface area contributed by atoms with E-state index in [-0.39, 0.29) is 17.0 Å². The average molecular weight is 256 g/mol. The van der Waals surface area contributed by atoms with Gasteiger partial charge < -0.3 is 5.32 Å². The molecule has 0 bridgehead atoms. The number of halogens is 2. The number of amides is 1. The van der Waals surface area contributed by atoms with Crippen LogP contribution in [0.25, 0.3) is 0 Å². The second-order valence-electron chi connectivity index (χ2n) is 4.66. The standard InChI is InChI=1S/C13H15ClFNO/c1-9-4-2-5-10(11(9)15)12(17)16-13(8-14)6-3-7-13/h2,4-5H,3,6-8H2,1H3,(H,16,17). The molecule has 2 rings (SSSR count). The summed E-state index contributed by atoms with van der Waals surface area (Å²) in [4.78, 5) is 12.0. The van der Waals surface area contributed by atoms with E-state index < -0.39 is 5.82 Å². The summed E-state index contributed by atoms with van der Waals surface area (Å²) < 4.78 is 13.8. The van der Waals surface area contributed by atoms with Crippen LogP contribution in [0.3, 0.4) is 0 Å². The molecule has 1 amide bonds. The molecule has 0 heterocycles. The lowest BCUT2D eigenvalue weighted by atomic mass is 9.78. The van der Waals surface area contributed by atoms with Gasteiger partial charge in [0.05, 0.1) is 11.1 Å². The molecule has 0 aromatic heterocycles. The fourth-order valence-corrected chi connectivity index (χ4v) is 2.36. The van der Waals surface area contributed by atoms with Crippen LogP contribution >= 0.6 is 11.6 Å². The molecule has 1 aromatic carbocycles. The molecule has 1 aliphatic carbocycles. The van der Waals surface area contributed by atoms with Crippen LogP contribution in [0.5, 0.6) is 0 Å². The molecule has 1 N–H and O–H groups in total. The Morgan fingerprint density at radius 1 is 1.53 bits per heavy atom. The van der Waals surface area contributed by atoms with E-state index >= 15 is 0 Å². The molecule has 0 spiro atoms. The summed E-state index contributed by atoms with van der Waals surface area (Å²) in [5, 5.41) is 2.85. The molecule has 1 fully saturated rings. The summed E-state index contributed by atoms with van der Waals surface area (Å²) >= 11 is 5.85. The van der Waals surface area contributed by atoms with Crippen molar-refractivity contribution in [2.24, 2.45) is 0 Å². The third-order valence-electron chi connectivity index (χ3n) is 3.38. The monoisotopic (exact) mass is 255 g/mol. The van der Waals surface area contributed by atoms with Gasteiger partial charge in [-0.15, -0.1) is 11.6 Å². The predicted octanol–water partition coefficient (Wildman–Crippen LogP) is 3.03. The topological polar surface area (TPSA) is 29.1 Å². The molecule has 0 aliphatic heterocycles. The van der Waals surface area contributed by atoms with Gasteiger partial charge in [0.1, 0.15) is 5.82 Å². The third-order valence-corrected chi connectivity index (χ3v) is 3.89. The molecule has 4 heteroatoms. The number of benzene rings is 1. The second kappa shape index (κ2) is 4.65. The van der Waals surface area contributed by atoms with Gasteiger partial charge in [-0.2, -0.15) is 0 Å². The Balaban J connectivity index is 2.17. The molecule has 0 radical (unpaired) electrons. The summed E-state index contributed by atoms with van der Waals surface area (Å²) in [7, 11) is 0. The quantitative estimate of drug-likeness (QED) is 0.827. The Labute approximate surface area is 105 Å². The fourth-order valence-electron chi connectivity index (χ4n) is 2.03. The van der Waals surface area contributed by atoms with Gasteiger partial charge in [-0.1, -0.05) is 12.1 Å². The Morgan fingerprint density at radius 3 is 2.76 bits per heavy atom. The highest BCUT2D eigenvalue weighted by atomic mass is 35.5. The van der Waals surface area contributed by atoms with Crippen LogP contribution in [0, 0.1) is 12.7 Å². The normalized spacial score (nSPS) is 17.4. The van der Waals surface area contributed by atoms with Crippen LogP contribution in [-0.4, -0.2) is 17.3 Å². The molecule has 92 valence electrons. The van der Waals surface area contributed by atoms with Gasteiger partial charge in [0.2, 0.25) is 0 Å². The highest BCUT2D eigenvalue weighted by Gasteiger charge is 2.38. The average Bonchev–Trinajstić information content (AvgIpc) is 2.27.